The van der Waals surface area contributed by atoms with Crippen molar-refractivity contribution in [2.75, 3.05) is 4.90 Å². The highest BCUT2D eigenvalue weighted by Gasteiger charge is 2.33. The van der Waals surface area contributed by atoms with Crippen molar-refractivity contribution >= 4 is 33.5 Å². The van der Waals surface area contributed by atoms with Gasteiger partial charge in [0, 0.05) is 4.47 Å². The van der Waals surface area contributed by atoms with Gasteiger partial charge in [-0.25, -0.2) is 4.79 Å². The molecule has 1 aromatic carbocycles. The number of carbonyl (C=O) groups is 2. The summed E-state index contributed by atoms with van der Waals surface area (Å²) in [5.74, 6) is -1.51. The van der Waals surface area contributed by atoms with Crippen LogP contribution in [-0.2, 0) is 9.59 Å². The number of hydrogen-bond donors (Lipinski definition) is 2. The van der Waals surface area contributed by atoms with Gasteiger partial charge in [0.1, 0.15) is 5.82 Å². The number of hydrogen-bond acceptors (Lipinski definition) is 3. The minimum atomic E-state index is -1.16. The van der Waals surface area contributed by atoms with E-state index >= 15 is 0 Å². The fourth-order valence-corrected chi connectivity index (χ4v) is 2.06. The first kappa shape index (κ1) is 11.7. The maximum atomic E-state index is 11.7. The zero-order valence-electron chi connectivity index (χ0n) is 8.68. The third-order valence-corrected chi connectivity index (χ3v) is 2.95. The van der Waals surface area contributed by atoms with E-state index in [1.165, 1.54) is 4.90 Å². The molecule has 1 aromatic rings. The van der Waals surface area contributed by atoms with E-state index in [2.05, 4.69) is 15.9 Å². The second-order valence-electron chi connectivity index (χ2n) is 3.55. The first-order valence-electron chi connectivity index (χ1n) is 4.81. The normalized spacial score (nSPS) is 15.6. The molecule has 17 heavy (non-hydrogen) atoms. The first-order chi connectivity index (χ1) is 8.00. The van der Waals surface area contributed by atoms with Crippen molar-refractivity contribution in [3.05, 3.63) is 40.1 Å². The molecule has 0 atom stereocenters. The van der Waals surface area contributed by atoms with Crippen LogP contribution in [0.5, 0.6) is 0 Å². The minimum absolute atomic E-state index is 0.0133. The van der Waals surface area contributed by atoms with Gasteiger partial charge >= 0.3 is 5.97 Å². The molecule has 0 aromatic heterocycles. The molecule has 0 radical (unpaired) electrons. The molecule has 0 unspecified atom stereocenters. The average Bonchev–Trinajstić information content (AvgIpc) is 2.54. The van der Waals surface area contributed by atoms with Crippen molar-refractivity contribution in [1.82, 2.24) is 0 Å². The van der Waals surface area contributed by atoms with E-state index in [0.717, 1.165) is 4.47 Å². The van der Waals surface area contributed by atoms with Crippen LogP contribution in [0.1, 0.15) is 6.42 Å². The number of benzene rings is 1. The molecular weight excluding hydrogens is 288 g/mol. The molecule has 88 valence electrons. The summed E-state index contributed by atoms with van der Waals surface area (Å²) in [7, 11) is 0. The van der Waals surface area contributed by atoms with Crippen molar-refractivity contribution in [2.45, 2.75) is 6.42 Å². The topological polar surface area (TPSA) is 83.6 Å². The molecule has 0 bridgehead atoms. The number of nitrogens with two attached hydrogens (primary N) is 1. The summed E-state index contributed by atoms with van der Waals surface area (Å²) < 4.78 is 0.791. The van der Waals surface area contributed by atoms with Crippen molar-refractivity contribution < 1.29 is 14.7 Å². The van der Waals surface area contributed by atoms with Gasteiger partial charge in [-0.15, -0.1) is 0 Å². The Labute approximate surface area is 106 Å². The van der Waals surface area contributed by atoms with E-state index in [0.29, 0.717) is 5.69 Å². The van der Waals surface area contributed by atoms with Gasteiger partial charge in [-0.3, -0.25) is 9.69 Å². The maximum absolute atomic E-state index is 11.7. The van der Waals surface area contributed by atoms with Crippen molar-refractivity contribution in [2.24, 2.45) is 5.73 Å². The largest absolute Gasteiger partial charge is 0.478 e. The third kappa shape index (κ3) is 2.03. The van der Waals surface area contributed by atoms with E-state index in [4.69, 9.17) is 10.8 Å². The van der Waals surface area contributed by atoms with E-state index in [1.807, 2.05) is 6.07 Å². The molecule has 0 saturated heterocycles. The minimum Gasteiger partial charge on any atom is -0.478 e. The molecule has 0 fully saturated rings. The number of carbonyl (C=O) groups excluding carboxylic acids is 1. The van der Waals surface area contributed by atoms with Gasteiger partial charge in [0.05, 0.1) is 17.7 Å². The van der Waals surface area contributed by atoms with Crippen molar-refractivity contribution in [3.63, 3.8) is 0 Å². The highest BCUT2D eigenvalue weighted by molar-refractivity contribution is 9.10. The third-order valence-electron chi connectivity index (χ3n) is 2.45. The molecule has 5 nitrogen and oxygen atoms in total. The van der Waals surface area contributed by atoms with Crippen molar-refractivity contribution in [3.8, 4) is 0 Å². The van der Waals surface area contributed by atoms with E-state index in [-0.39, 0.29) is 23.7 Å². The van der Waals surface area contributed by atoms with Crippen molar-refractivity contribution in [1.29, 1.82) is 0 Å². The van der Waals surface area contributed by atoms with Gasteiger partial charge < -0.3 is 10.8 Å². The van der Waals surface area contributed by atoms with Crippen LogP contribution in [0.2, 0.25) is 0 Å². The number of nitrogens with zero attached hydrogens (tertiary/aromatic N) is 1. The predicted molar refractivity (Wildman–Crippen MR) is 65.1 cm³/mol. The Kier molecular flexibility index (Phi) is 2.89. The highest BCUT2D eigenvalue weighted by Crippen LogP contribution is 2.29. The van der Waals surface area contributed by atoms with E-state index < -0.39 is 5.97 Å². The van der Waals surface area contributed by atoms with Crippen LogP contribution in [-0.4, -0.2) is 17.0 Å². The van der Waals surface area contributed by atoms with Gasteiger partial charge in [-0.05, 0) is 18.2 Å². The van der Waals surface area contributed by atoms with Crippen LogP contribution >= 0.6 is 15.9 Å². The summed E-state index contributed by atoms with van der Waals surface area (Å²) in [5, 5.41) is 8.89. The Balaban J connectivity index is 2.46. The predicted octanol–water partition coefficient (Wildman–Crippen LogP) is 1.44. The van der Waals surface area contributed by atoms with Crippen LogP contribution in [0.4, 0.5) is 5.69 Å². The molecule has 1 amide bonds. The zero-order chi connectivity index (χ0) is 12.6. The molecule has 1 heterocycles. The second-order valence-corrected chi connectivity index (χ2v) is 4.47. The van der Waals surface area contributed by atoms with Crippen LogP contribution < -0.4 is 10.6 Å². The van der Waals surface area contributed by atoms with Crippen LogP contribution in [0.3, 0.4) is 0 Å². The number of amides is 1. The summed E-state index contributed by atoms with van der Waals surface area (Å²) in [6.45, 7) is 0. The maximum Gasteiger partial charge on any atom is 0.335 e. The Bertz CT molecular complexity index is 539. The fraction of sp³-hybridized carbons (Fsp3) is 0.0909. The van der Waals surface area contributed by atoms with E-state index in [9.17, 15) is 9.59 Å². The summed E-state index contributed by atoms with van der Waals surface area (Å²) in [5.41, 5.74) is 6.18. The molecule has 2 rings (SSSR count). The number of aliphatic carboxylic acids is 1. The lowest BCUT2D eigenvalue weighted by Crippen LogP contribution is -2.28. The smallest absolute Gasteiger partial charge is 0.335 e. The first-order valence-corrected chi connectivity index (χ1v) is 5.60. The van der Waals surface area contributed by atoms with Gasteiger partial charge in [0.15, 0.2) is 0 Å². The van der Waals surface area contributed by atoms with Gasteiger partial charge in [-0.2, -0.15) is 0 Å². The van der Waals surface area contributed by atoms with Gasteiger partial charge in [0.2, 0.25) is 5.91 Å². The number of carboxylic acids is 1. The molecular formula is C11H9BrN2O3. The number of rotatable bonds is 2. The Hall–Kier alpha value is -1.82. The standard InChI is InChI=1S/C11H9BrN2O3/c12-6-2-1-3-7(4-6)14-9(15)5-8(10(14)13)11(16)17/h1-4H,5,13H2,(H,16,17). The fourth-order valence-electron chi connectivity index (χ4n) is 1.67. The average molecular weight is 297 g/mol. The highest BCUT2D eigenvalue weighted by atomic mass is 79.9. The number of carboxylic acid groups (broad SMARTS) is 1. The molecule has 1 aliphatic heterocycles. The van der Waals surface area contributed by atoms with Gasteiger partial charge in [0.25, 0.3) is 0 Å². The number of anilines is 1. The molecule has 0 spiro atoms. The molecule has 3 N–H and O–H groups in total. The van der Waals surface area contributed by atoms with Crippen LogP contribution in [0.15, 0.2) is 40.1 Å². The van der Waals surface area contributed by atoms with Gasteiger partial charge in [-0.1, -0.05) is 22.0 Å². The number of halogens is 1. The quantitative estimate of drug-likeness (QED) is 0.865. The molecule has 6 heteroatoms. The summed E-state index contributed by atoms with van der Waals surface area (Å²) in [4.78, 5) is 23.8. The Morgan fingerprint density at radius 1 is 1.47 bits per heavy atom. The molecule has 0 aliphatic carbocycles. The monoisotopic (exact) mass is 296 g/mol. The summed E-state index contributed by atoms with van der Waals surface area (Å²) >= 11 is 3.28. The second kappa shape index (κ2) is 4.21. The SMILES string of the molecule is NC1=C(C(=O)O)CC(=O)N1c1cccc(Br)c1. The summed E-state index contributed by atoms with van der Waals surface area (Å²) in [6, 6.07) is 6.96. The van der Waals surface area contributed by atoms with Crippen LogP contribution in [0.25, 0.3) is 0 Å². The lowest BCUT2D eigenvalue weighted by Gasteiger charge is -2.17. The van der Waals surface area contributed by atoms with Crippen LogP contribution in [0, 0.1) is 0 Å². The lowest BCUT2D eigenvalue weighted by atomic mass is 10.2. The molecule has 0 saturated carbocycles. The Morgan fingerprint density at radius 2 is 2.18 bits per heavy atom. The zero-order valence-corrected chi connectivity index (χ0v) is 10.3. The molecule has 1 aliphatic rings. The van der Waals surface area contributed by atoms with E-state index in [1.54, 1.807) is 18.2 Å². The lowest BCUT2D eigenvalue weighted by molar-refractivity contribution is -0.133. The summed E-state index contributed by atoms with van der Waals surface area (Å²) in [6.07, 6.45) is -0.173. The Morgan fingerprint density at radius 3 is 2.71 bits per heavy atom.